The lowest BCUT2D eigenvalue weighted by molar-refractivity contribution is 0.101. The van der Waals surface area contributed by atoms with E-state index in [4.69, 9.17) is 0 Å². The predicted octanol–water partition coefficient (Wildman–Crippen LogP) is 3.31. The number of para-hydroxylation sites is 1. The van der Waals surface area contributed by atoms with E-state index in [1.54, 1.807) is 43.3 Å². The fraction of sp³-hybridized carbons (Fsp3) is 0.188. The van der Waals surface area contributed by atoms with Gasteiger partial charge in [0.05, 0.1) is 10.6 Å². The number of nitrogens with one attached hydrogen (secondary N) is 1. The summed E-state index contributed by atoms with van der Waals surface area (Å²) in [6, 6.07) is 11.8. The zero-order chi connectivity index (χ0) is 15.6. The Balaban J connectivity index is 2.48. The van der Waals surface area contributed by atoms with Crippen molar-refractivity contribution in [2.45, 2.75) is 25.7 Å². The topological polar surface area (TPSA) is 63.2 Å². The van der Waals surface area contributed by atoms with Gasteiger partial charge in [-0.25, -0.2) is 8.42 Å². The van der Waals surface area contributed by atoms with Gasteiger partial charge in [0.15, 0.2) is 5.78 Å². The molecule has 0 amide bonds. The first kappa shape index (κ1) is 15.3. The molecule has 0 saturated heterocycles. The van der Waals surface area contributed by atoms with Crippen molar-refractivity contribution in [2.75, 3.05) is 4.72 Å². The van der Waals surface area contributed by atoms with E-state index in [1.165, 1.54) is 6.92 Å². The van der Waals surface area contributed by atoms with Crippen LogP contribution in [-0.2, 0) is 10.0 Å². The lowest BCUT2D eigenvalue weighted by Crippen LogP contribution is -2.16. The number of aryl methyl sites for hydroxylation is 2. The maximum Gasteiger partial charge on any atom is 0.262 e. The minimum absolute atomic E-state index is 0.186. The molecule has 1 N–H and O–H groups in total. The number of sulfonamides is 1. The van der Waals surface area contributed by atoms with Gasteiger partial charge >= 0.3 is 0 Å². The summed E-state index contributed by atoms with van der Waals surface area (Å²) in [7, 11) is -3.72. The van der Waals surface area contributed by atoms with E-state index in [0.717, 1.165) is 5.56 Å². The zero-order valence-corrected chi connectivity index (χ0v) is 13.0. The van der Waals surface area contributed by atoms with E-state index in [-0.39, 0.29) is 10.7 Å². The SMILES string of the molecule is CC(=O)c1ccccc1NS(=O)(=O)c1cc(C)ccc1C. The third-order valence-corrected chi connectivity index (χ3v) is 4.69. The second kappa shape index (κ2) is 5.69. The Bertz CT molecular complexity index is 795. The highest BCUT2D eigenvalue weighted by Crippen LogP contribution is 2.23. The van der Waals surface area contributed by atoms with Crippen LogP contribution in [0.5, 0.6) is 0 Å². The van der Waals surface area contributed by atoms with Crippen molar-refractivity contribution in [3.05, 3.63) is 59.2 Å². The maximum atomic E-state index is 12.5. The Morgan fingerprint density at radius 1 is 1.05 bits per heavy atom. The first-order valence-corrected chi connectivity index (χ1v) is 7.99. The lowest BCUT2D eigenvalue weighted by atomic mass is 10.1. The molecular formula is C16H17NO3S. The number of Topliss-reactive ketones (excluding diaryl/α,β-unsaturated/α-hetero) is 1. The second-order valence-electron chi connectivity index (χ2n) is 4.98. The molecule has 0 bridgehead atoms. The number of hydrogen-bond donors (Lipinski definition) is 1. The Kier molecular flexibility index (Phi) is 4.14. The zero-order valence-electron chi connectivity index (χ0n) is 12.2. The summed E-state index contributed by atoms with van der Waals surface area (Å²) in [5.74, 6) is -0.186. The molecule has 110 valence electrons. The van der Waals surface area contributed by atoms with Crippen LogP contribution in [0.4, 0.5) is 5.69 Å². The van der Waals surface area contributed by atoms with E-state index < -0.39 is 10.0 Å². The number of anilines is 1. The summed E-state index contributed by atoms with van der Waals surface area (Å²) in [5.41, 5.74) is 2.17. The third-order valence-electron chi connectivity index (χ3n) is 3.18. The molecule has 0 radical (unpaired) electrons. The Hall–Kier alpha value is -2.14. The smallest absolute Gasteiger partial charge is 0.262 e. The number of benzene rings is 2. The van der Waals surface area contributed by atoms with Gasteiger partial charge in [-0.05, 0) is 50.1 Å². The van der Waals surface area contributed by atoms with E-state index in [2.05, 4.69) is 4.72 Å². The average molecular weight is 303 g/mol. The number of hydrogen-bond acceptors (Lipinski definition) is 3. The lowest BCUT2D eigenvalue weighted by Gasteiger charge is -2.13. The van der Waals surface area contributed by atoms with Gasteiger partial charge in [-0.3, -0.25) is 9.52 Å². The van der Waals surface area contributed by atoms with E-state index >= 15 is 0 Å². The van der Waals surface area contributed by atoms with E-state index in [9.17, 15) is 13.2 Å². The van der Waals surface area contributed by atoms with Gasteiger partial charge in [0.25, 0.3) is 10.0 Å². The van der Waals surface area contributed by atoms with Crippen LogP contribution in [0.25, 0.3) is 0 Å². The molecule has 0 spiro atoms. The van der Waals surface area contributed by atoms with Crippen molar-refractivity contribution in [3.63, 3.8) is 0 Å². The standard InChI is InChI=1S/C16H17NO3S/c1-11-8-9-12(2)16(10-11)21(19,20)17-15-7-5-4-6-14(15)13(3)18/h4-10,17H,1-3H3. The fourth-order valence-corrected chi connectivity index (χ4v) is 3.49. The molecule has 4 nitrogen and oxygen atoms in total. The molecule has 21 heavy (non-hydrogen) atoms. The first-order chi connectivity index (χ1) is 9.81. The van der Waals surface area contributed by atoms with Crippen molar-refractivity contribution in [2.24, 2.45) is 0 Å². The van der Waals surface area contributed by atoms with E-state index in [1.807, 2.05) is 13.0 Å². The van der Waals surface area contributed by atoms with Crippen LogP contribution in [-0.4, -0.2) is 14.2 Å². The van der Waals surface area contributed by atoms with Gasteiger partial charge in [0, 0.05) is 5.56 Å². The van der Waals surface area contributed by atoms with Crippen molar-refractivity contribution in [1.82, 2.24) is 0 Å². The monoisotopic (exact) mass is 303 g/mol. The molecule has 0 aliphatic carbocycles. The number of carbonyl (C=O) groups excluding carboxylic acids is 1. The van der Waals surface area contributed by atoms with Crippen molar-refractivity contribution in [3.8, 4) is 0 Å². The largest absolute Gasteiger partial charge is 0.294 e. The highest BCUT2D eigenvalue weighted by molar-refractivity contribution is 7.92. The summed E-state index contributed by atoms with van der Waals surface area (Å²) >= 11 is 0. The molecule has 2 aromatic carbocycles. The van der Waals surface area contributed by atoms with Crippen molar-refractivity contribution >= 4 is 21.5 Å². The Morgan fingerprint density at radius 3 is 2.38 bits per heavy atom. The molecule has 0 saturated carbocycles. The second-order valence-corrected chi connectivity index (χ2v) is 6.63. The summed E-state index contributed by atoms with van der Waals surface area (Å²) in [5, 5.41) is 0. The number of ketones is 1. The summed E-state index contributed by atoms with van der Waals surface area (Å²) in [6.45, 7) is 4.98. The molecule has 0 aliphatic rings. The van der Waals surface area contributed by atoms with Crippen molar-refractivity contribution in [1.29, 1.82) is 0 Å². The average Bonchev–Trinajstić information content (AvgIpc) is 2.41. The van der Waals surface area contributed by atoms with Crippen LogP contribution in [0, 0.1) is 13.8 Å². The highest BCUT2D eigenvalue weighted by Gasteiger charge is 2.19. The maximum absolute atomic E-state index is 12.5. The van der Waals surface area contributed by atoms with Crippen LogP contribution in [0.1, 0.15) is 28.4 Å². The van der Waals surface area contributed by atoms with E-state index in [0.29, 0.717) is 16.8 Å². The number of carbonyl (C=O) groups is 1. The van der Waals surface area contributed by atoms with Gasteiger partial charge in [-0.15, -0.1) is 0 Å². The van der Waals surface area contributed by atoms with Crippen LogP contribution in [0.3, 0.4) is 0 Å². The highest BCUT2D eigenvalue weighted by atomic mass is 32.2. The van der Waals surface area contributed by atoms with Gasteiger partial charge in [0.2, 0.25) is 0 Å². The molecule has 2 aromatic rings. The summed E-state index contributed by atoms with van der Waals surface area (Å²) < 4.78 is 27.6. The minimum Gasteiger partial charge on any atom is -0.294 e. The molecule has 0 atom stereocenters. The molecule has 2 rings (SSSR count). The summed E-state index contributed by atoms with van der Waals surface area (Å²) in [6.07, 6.45) is 0. The van der Waals surface area contributed by atoms with Gasteiger partial charge < -0.3 is 0 Å². The molecule has 0 unspecified atom stereocenters. The quantitative estimate of drug-likeness (QED) is 0.881. The van der Waals surface area contributed by atoms with Gasteiger partial charge in [-0.1, -0.05) is 24.3 Å². The molecular weight excluding hydrogens is 286 g/mol. The number of rotatable bonds is 4. The Labute approximate surface area is 124 Å². The van der Waals surface area contributed by atoms with Crippen LogP contribution >= 0.6 is 0 Å². The Morgan fingerprint density at radius 2 is 1.71 bits per heavy atom. The summed E-state index contributed by atoms with van der Waals surface area (Å²) in [4.78, 5) is 11.8. The van der Waals surface area contributed by atoms with Crippen LogP contribution < -0.4 is 4.72 Å². The minimum atomic E-state index is -3.72. The third kappa shape index (κ3) is 3.31. The van der Waals surface area contributed by atoms with Crippen LogP contribution in [0.2, 0.25) is 0 Å². The first-order valence-electron chi connectivity index (χ1n) is 6.51. The predicted molar refractivity (Wildman–Crippen MR) is 83.2 cm³/mol. The molecule has 0 aliphatic heterocycles. The fourth-order valence-electron chi connectivity index (χ4n) is 2.08. The van der Waals surface area contributed by atoms with Gasteiger partial charge in [-0.2, -0.15) is 0 Å². The van der Waals surface area contributed by atoms with Crippen molar-refractivity contribution < 1.29 is 13.2 Å². The normalized spacial score (nSPS) is 11.2. The molecule has 5 heteroatoms. The van der Waals surface area contributed by atoms with Gasteiger partial charge in [0.1, 0.15) is 0 Å². The molecule has 0 aromatic heterocycles. The molecule has 0 heterocycles. The van der Waals surface area contributed by atoms with Crippen LogP contribution in [0.15, 0.2) is 47.4 Å². The molecule has 0 fully saturated rings.